The third-order valence-corrected chi connectivity index (χ3v) is 6.03. The van der Waals surface area contributed by atoms with Crippen molar-refractivity contribution >= 4 is 33.5 Å². The van der Waals surface area contributed by atoms with Gasteiger partial charge in [-0.25, -0.2) is 13.2 Å². The molecule has 0 aliphatic rings. The first-order chi connectivity index (χ1) is 12.3. The summed E-state index contributed by atoms with van der Waals surface area (Å²) in [6.07, 6.45) is -1.06. The van der Waals surface area contributed by atoms with Gasteiger partial charge in [-0.05, 0) is 45.9 Å². The fourth-order valence-corrected chi connectivity index (χ4v) is 3.96. The van der Waals surface area contributed by atoms with Crippen molar-refractivity contribution in [3.05, 3.63) is 28.8 Å². The molecule has 7 nitrogen and oxygen atoms in total. The Kier molecular flexibility index (Phi) is 7.83. The lowest BCUT2D eigenvalue weighted by atomic mass is 10.1. The summed E-state index contributed by atoms with van der Waals surface area (Å²) in [5, 5.41) is 2.75. The number of esters is 1. The Balaban J connectivity index is 3.10. The predicted molar refractivity (Wildman–Crippen MR) is 104 cm³/mol. The SMILES string of the molecule is CCN(CC)S(=O)(=O)c1ccc(Cl)c(C(=O)OC(C)C(=O)NC(C)(C)C)c1. The number of halogens is 1. The van der Waals surface area contributed by atoms with Gasteiger partial charge in [0.2, 0.25) is 10.0 Å². The molecular weight excluding hydrogens is 392 g/mol. The lowest BCUT2D eigenvalue weighted by molar-refractivity contribution is -0.130. The molecule has 0 heterocycles. The second kappa shape index (κ2) is 9.03. The number of hydrogen-bond donors (Lipinski definition) is 1. The molecular formula is C18H27ClN2O5S. The van der Waals surface area contributed by atoms with Crippen molar-refractivity contribution in [3.63, 3.8) is 0 Å². The third kappa shape index (κ3) is 6.19. The summed E-state index contributed by atoms with van der Waals surface area (Å²) in [6, 6.07) is 3.84. The number of amides is 1. The molecule has 0 aliphatic heterocycles. The van der Waals surface area contributed by atoms with Crippen molar-refractivity contribution in [2.75, 3.05) is 13.1 Å². The molecule has 152 valence electrons. The molecule has 1 aromatic rings. The summed E-state index contributed by atoms with van der Waals surface area (Å²) in [6.45, 7) is 10.9. The van der Waals surface area contributed by atoms with Crippen molar-refractivity contribution in [2.24, 2.45) is 0 Å². The Labute approximate surface area is 166 Å². The van der Waals surface area contributed by atoms with Gasteiger partial charge in [0.1, 0.15) is 0 Å². The van der Waals surface area contributed by atoms with Crippen LogP contribution in [0.4, 0.5) is 0 Å². The topological polar surface area (TPSA) is 92.8 Å². The van der Waals surface area contributed by atoms with Crippen LogP contribution < -0.4 is 5.32 Å². The average Bonchev–Trinajstić information content (AvgIpc) is 2.54. The number of carbonyl (C=O) groups excluding carboxylic acids is 2. The molecule has 1 atom stereocenters. The Bertz CT molecular complexity index is 798. The van der Waals surface area contributed by atoms with Crippen molar-refractivity contribution in [1.82, 2.24) is 9.62 Å². The van der Waals surface area contributed by atoms with Gasteiger partial charge in [-0.15, -0.1) is 0 Å². The van der Waals surface area contributed by atoms with E-state index in [-0.39, 0.29) is 15.5 Å². The van der Waals surface area contributed by atoms with Gasteiger partial charge in [0.05, 0.1) is 15.5 Å². The third-order valence-electron chi connectivity index (χ3n) is 3.65. The summed E-state index contributed by atoms with van der Waals surface area (Å²) >= 11 is 6.05. The van der Waals surface area contributed by atoms with Crippen LogP contribution in [0.2, 0.25) is 5.02 Å². The highest BCUT2D eigenvalue weighted by atomic mass is 35.5. The van der Waals surface area contributed by atoms with Crippen LogP contribution in [0, 0.1) is 0 Å². The highest BCUT2D eigenvalue weighted by Gasteiger charge is 2.27. The van der Waals surface area contributed by atoms with Crippen molar-refractivity contribution < 1.29 is 22.7 Å². The summed E-state index contributed by atoms with van der Waals surface area (Å²) in [5.41, 5.74) is -0.590. The first-order valence-electron chi connectivity index (χ1n) is 8.66. The Hall–Kier alpha value is -1.64. The van der Waals surface area contributed by atoms with E-state index < -0.39 is 33.5 Å². The fraction of sp³-hybridized carbons (Fsp3) is 0.556. The molecule has 9 heteroatoms. The fourth-order valence-electron chi connectivity index (χ4n) is 2.28. The van der Waals surface area contributed by atoms with Gasteiger partial charge in [-0.2, -0.15) is 4.31 Å². The standard InChI is InChI=1S/C18H27ClN2O5S/c1-7-21(8-2)27(24,25)13-9-10-15(19)14(11-13)17(23)26-12(3)16(22)20-18(4,5)6/h9-12H,7-8H2,1-6H3,(H,20,22). The molecule has 27 heavy (non-hydrogen) atoms. The maximum absolute atomic E-state index is 12.6. The predicted octanol–water partition coefficient (Wildman–Crippen LogP) is 2.83. The molecule has 0 fully saturated rings. The highest BCUT2D eigenvalue weighted by Crippen LogP contribution is 2.24. The van der Waals surface area contributed by atoms with Crippen LogP contribution >= 0.6 is 11.6 Å². The number of nitrogens with one attached hydrogen (secondary N) is 1. The first kappa shape index (κ1) is 23.4. The molecule has 0 bridgehead atoms. The van der Waals surface area contributed by atoms with Gasteiger partial charge in [-0.1, -0.05) is 25.4 Å². The van der Waals surface area contributed by atoms with Crippen LogP contribution in [0.3, 0.4) is 0 Å². The molecule has 0 radical (unpaired) electrons. The minimum absolute atomic E-state index is 0.0435. The zero-order valence-corrected chi connectivity index (χ0v) is 18.1. The Morgan fingerprint density at radius 3 is 2.26 bits per heavy atom. The normalized spacial score (nSPS) is 13.3. The Morgan fingerprint density at radius 2 is 1.78 bits per heavy atom. The summed E-state index contributed by atoms with van der Waals surface area (Å²) in [4.78, 5) is 24.5. The van der Waals surface area contributed by atoms with Crippen molar-refractivity contribution in [3.8, 4) is 0 Å². The average molecular weight is 419 g/mol. The Morgan fingerprint density at radius 1 is 1.22 bits per heavy atom. The molecule has 0 saturated heterocycles. The number of benzene rings is 1. The lowest BCUT2D eigenvalue weighted by Gasteiger charge is -2.23. The van der Waals surface area contributed by atoms with E-state index in [1.54, 1.807) is 34.6 Å². The van der Waals surface area contributed by atoms with Crippen LogP contribution in [0.5, 0.6) is 0 Å². The molecule has 1 unspecified atom stereocenters. The van der Waals surface area contributed by atoms with E-state index in [9.17, 15) is 18.0 Å². The quantitative estimate of drug-likeness (QED) is 0.687. The van der Waals surface area contributed by atoms with Crippen LogP contribution in [0.1, 0.15) is 51.9 Å². The van der Waals surface area contributed by atoms with Gasteiger partial charge in [0, 0.05) is 18.6 Å². The van der Waals surface area contributed by atoms with Crippen LogP contribution in [0.15, 0.2) is 23.1 Å². The number of sulfonamides is 1. The maximum atomic E-state index is 12.6. The summed E-state index contributed by atoms with van der Waals surface area (Å²) in [7, 11) is -3.76. The minimum atomic E-state index is -3.76. The van der Waals surface area contributed by atoms with E-state index >= 15 is 0 Å². The van der Waals surface area contributed by atoms with Gasteiger partial charge in [0.15, 0.2) is 6.10 Å². The molecule has 1 N–H and O–H groups in total. The largest absolute Gasteiger partial charge is 0.449 e. The minimum Gasteiger partial charge on any atom is -0.449 e. The zero-order chi connectivity index (χ0) is 21.0. The second-order valence-corrected chi connectivity index (χ2v) is 9.36. The van der Waals surface area contributed by atoms with E-state index in [2.05, 4.69) is 5.32 Å². The molecule has 0 saturated carbocycles. The monoisotopic (exact) mass is 418 g/mol. The first-order valence-corrected chi connectivity index (χ1v) is 10.5. The van der Waals surface area contributed by atoms with Gasteiger partial charge in [0.25, 0.3) is 5.91 Å². The summed E-state index contributed by atoms with van der Waals surface area (Å²) < 4.78 is 31.7. The number of nitrogens with zero attached hydrogens (tertiary/aromatic N) is 1. The number of carbonyl (C=O) groups is 2. The molecule has 0 aromatic heterocycles. The van der Waals surface area contributed by atoms with E-state index in [0.717, 1.165) is 0 Å². The van der Waals surface area contributed by atoms with Crippen molar-refractivity contribution in [1.29, 1.82) is 0 Å². The van der Waals surface area contributed by atoms with E-state index in [0.29, 0.717) is 13.1 Å². The molecule has 1 amide bonds. The molecule has 1 rings (SSSR count). The number of hydrogen-bond acceptors (Lipinski definition) is 5. The zero-order valence-electron chi connectivity index (χ0n) is 16.5. The van der Waals surface area contributed by atoms with E-state index in [1.165, 1.54) is 29.4 Å². The highest BCUT2D eigenvalue weighted by molar-refractivity contribution is 7.89. The summed E-state index contributed by atoms with van der Waals surface area (Å²) in [5.74, 6) is -1.33. The lowest BCUT2D eigenvalue weighted by Crippen LogP contribution is -2.46. The van der Waals surface area contributed by atoms with Gasteiger partial charge < -0.3 is 10.1 Å². The number of rotatable bonds is 7. The van der Waals surface area contributed by atoms with E-state index in [4.69, 9.17) is 16.3 Å². The van der Waals surface area contributed by atoms with Gasteiger partial charge in [-0.3, -0.25) is 4.79 Å². The number of ether oxygens (including phenoxy) is 1. The smallest absolute Gasteiger partial charge is 0.340 e. The van der Waals surface area contributed by atoms with E-state index in [1.807, 2.05) is 0 Å². The molecule has 1 aromatic carbocycles. The second-order valence-electron chi connectivity index (χ2n) is 7.02. The molecule has 0 aliphatic carbocycles. The van der Waals surface area contributed by atoms with Crippen LogP contribution in [0.25, 0.3) is 0 Å². The molecule has 0 spiro atoms. The maximum Gasteiger partial charge on any atom is 0.340 e. The van der Waals surface area contributed by atoms with Crippen LogP contribution in [-0.2, 0) is 19.6 Å². The van der Waals surface area contributed by atoms with Gasteiger partial charge >= 0.3 is 5.97 Å². The van der Waals surface area contributed by atoms with Crippen molar-refractivity contribution in [2.45, 2.75) is 58.1 Å². The van der Waals surface area contributed by atoms with Crippen LogP contribution in [-0.4, -0.2) is 49.3 Å².